The lowest BCUT2D eigenvalue weighted by molar-refractivity contribution is -0.128. The first-order valence-electron chi connectivity index (χ1n) is 47.1. The number of nitrogens with one attached hydrogen (secondary N) is 15. The second-order valence-electron chi connectivity index (χ2n) is 35.7. The van der Waals surface area contributed by atoms with E-state index in [-0.39, 0.29) is 110 Å². The molecule has 20 rings (SSSR count). The van der Waals surface area contributed by atoms with Gasteiger partial charge in [-0.05, 0) is 259 Å². The van der Waals surface area contributed by atoms with Crippen LogP contribution in [-0.4, -0.2) is 188 Å². The van der Waals surface area contributed by atoms with Gasteiger partial charge in [0, 0.05) is 157 Å². The van der Waals surface area contributed by atoms with Crippen LogP contribution in [0, 0.1) is 47.3 Å². The van der Waals surface area contributed by atoms with Crippen LogP contribution >= 0.6 is 39.1 Å². The molecule has 15 aromatic rings. The highest BCUT2D eigenvalue weighted by molar-refractivity contribution is 9.10. The molecule has 38 heteroatoms. The molecule has 18 N–H and O–H groups in total. The van der Waals surface area contributed by atoms with E-state index in [1.54, 1.807) is 42.5 Å². The van der Waals surface area contributed by atoms with E-state index in [0.29, 0.717) is 124 Å². The summed E-state index contributed by atoms with van der Waals surface area (Å²) in [6, 6.07) is 56.4. The van der Waals surface area contributed by atoms with Crippen molar-refractivity contribution in [1.29, 1.82) is 5.26 Å². The maximum absolute atomic E-state index is 14.2. The molecule has 5 saturated heterocycles. The number of hydrogen-bond donors (Lipinski definition) is 18. The number of nitriles is 1. The van der Waals surface area contributed by atoms with Gasteiger partial charge in [-0.25, -0.2) is 22.0 Å². The number of fused-ring (bicyclic) bond motifs is 5. The lowest BCUT2D eigenvalue weighted by Gasteiger charge is -2.14. The molecule has 5 aliphatic rings. The SMILES string of the molecule is COc1cc(F)cc2c(CCC(=O)N[C@H]3CCNC3=O)c(-c3ccc(F)cc3)[nH]c12.Cc1ccc2[nH]c(-c3ccc(Br)cc3)c(CCC(=O)N[C@H]3CCNC3=O)c2c1.N#Cc1cc(F)cc2c(CCC(=O)N[C@@H]3C(=O)NC[C@H]3O)c(-c3ccc(F)cc3)[nH]c12.O=C(CCc1c(-c2ccc(F)cc2)[nH]c2ccc(Cl)cc12)N[C@@H]1C(=O)NC[C@H]1O.O=C(CCc1c(-c2ccccc2)[nH]c2ccc(Cl)cc12)N[C@@H]1C(=O)NC[C@H]1O. The van der Waals surface area contributed by atoms with Gasteiger partial charge in [0.1, 0.15) is 89.4 Å². The maximum Gasteiger partial charge on any atom is 0.245 e. The number of nitrogens with zero attached hydrogens (tertiary/aromatic N) is 1. The van der Waals surface area contributed by atoms with E-state index in [9.17, 15) is 90.5 Å². The highest BCUT2D eigenvalue weighted by Crippen LogP contribution is 2.41. The number of H-pyrrole nitrogens is 5. The molecule has 5 fully saturated rings. The molecular weight excluding hydrogens is 1990 g/mol. The number of ether oxygens (including phenoxy) is 1. The van der Waals surface area contributed by atoms with Crippen LogP contribution in [0.4, 0.5) is 22.0 Å². The fourth-order valence-electron chi connectivity index (χ4n) is 18.5. The summed E-state index contributed by atoms with van der Waals surface area (Å²) >= 11 is 15.8. The third-order valence-corrected chi connectivity index (χ3v) is 26.8. The summed E-state index contributed by atoms with van der Waals surface area (Å²) in [7, 11) is 1.45. The third kappa shape index (κ3) is 24.6. The second-order valence-corrected chi connectivity index (χ2v) is 37.5. The fourth-order valence-corrected chi connectivity index (χ4v) is 19.1. The van der Waals surface area contributed by atoms with E-state index < -0.39 is 83.7 Å². The minimum absolute atomic E-state index is 0.0456. The number of amides is 10. The number of methoxy groups -OCH3 is 1. The number of carbonyl (C=O) groups is 10. The Morgan fingerprint density at radius 1 is 0.384 bits per heavy atom. The van der Waals surface area contributed by atoms with Crippen LogP contribution in [0.1, 0.15) is 83.9 Å². The summed E-state index contributed by atoms with van der Waals surface area (Å²) in [4.78, 5) is 137. The fraction of sp³-hybridized carbons (Fsp3) is 0.250. The van der Waals surface area contributed by atoms with Gasteiger partial charge in [0.15, 0.2) is 0 Å². The van der Waals surface area contributed by atoms with E-state index in [1.165, 1.54) is 67.3 Å². The number of β-amino-alcohol motifs (C(OH)–C–C–N with tert-alkyl or cyclic N) is 3. The Balaban J connectivity index is 0.000000131. The van der Waals surface area contributed by atoms with E-state index in [1.807, 2.05) is 78.9 Å². The van der Waals surface area contributed by atoms with Gasteiger partial charge in [0.25, 0.3) is 0 Å². The predicted molar refractivity (Wildman–Crippen MR) is 546 cm³/mol. The van der Waals surface area contributed by atoms with Gasteiger partial charge in [0.05, 0.1) is 23.7 Å². The van der Waals surface area contributed by atoms with Crippen molar-refractivity contribution in [2.45, 2.75) is 132 Å². The first-order valence-corrected chi connectivity index (χ1v) is 48.7. The van der Waals surface area contributed by atoms with Crippen LogP contribution in [0.3, 0.4) is 0 Å². The van der Waals surface area contributed by atoms with Crippen molar-refractivity contribution in [3.63, 3.8) is 0 Å². The van der Waals surface area contributed by atoms with Crippen molar-refractivity contribution in [1.82, 2.24) is 78.1 Å². The molecule has 10 amide bonds. The monoisotopic (exact) mass is 2090 g/mol. The predicted octanol–water partition coefficient (Wildman–Crippen LogP) is 13.7. The smallest absolute Gasteiger partial charge is 0.245 e. The highest BCUT2D eigenvalue weighted by atomic mass is 79.9. The molecule has 146 heavy (non-hydrogen) atoms. The zero-order valence-corrected chi connectivity index (χ0v) is 81.7. The van der Waals surface area contributed by atoms with Crippen molar-refractivity contribution >= 4 is 153 Å². The quantitative estimate of drug-likeness (QED) is 0.0224. The third-order valence-electron chi connectivity index (χ3n) is 25.8. The summed E-state index contributed by atoms with van der Waals surface area (Å²) in [6.45, 7) is 3.58. The Morgan fingerprint density at radius 2 is 0.712 bits per heavy atom. The van der Waals surface area contributed by atoms with Gasteiger partial charge >= 0.3 is 0 Å². The molecule has 5 aromatic heterocycles. The van der Waals surface area contributed by atoms with Crippen molar-refractivity contribution in [3.05, 3.63) is 289 Å². The lowest BCUT2D eigenvalue weighted by Crippen LogP contribution is -2.45. The van der Waals surface area contributed by atoms with Crippen molar-refractivity contribution in [2.24, 2.45) is 0 Å². The van der Waals surface area contributed by atoms with Gasteiger partial charge in [-0.3, -0.25) is 47.9 Å². The Bertz CT molecular complexity index is 7530. The number of halogens is 8. The molecule has 752 valence electrons. The summed E-state index contributed by atoms with van der Waals surface area (Å²) in [5, 5.41) is 70.2. The Morgan fingerprint density at radius 3 is 1.07 bits per heavy atom. The Kier molecular flexibility index (Phi) is 32.9. The summed E-state index contributed by atoms with van der Waals surface area (Å²) in [5.74, 6) is -4.75. The topological polar surface area (TPSA) is 464 Å². The minimum atomic E-state index is -1.02. The van der Waals surface area contributed by atoms with E-state index in [4.69, 9.17) is 27.9 Å². The number of aromatic amines is 5. The molecule has 10 aromatic carbocycles. The number of aliphatic hydroxyl groups is 3. The summed E-state index contributed by atoms with van der Waals surface area (Å²) in [5.41, 5.74) is 17.7. The molecule has 0 aliphatic carbocycles. The van der Waals surface area contributed by atoms with Crippen LogP contribution < -0.4 is 57.9 Å². The first-order chi connectivity index (χ1) is 70.3. The molecule has 0 spiro atoms. The van der Waals surface area contributed by atoms with Gasteiger partial charge in [-0.1, -0.05) is 93.2 Å². The van der Waals surface area contributed by atoms with Crippen LogP contribution in [0.2, 0.25) is 10.0 Å². The standard InChI is InChI=1S/C22H22BrN3O2.C22H18F2N4O3.C22H21F2N3O3.C21H19ClFN3O3.C21H20ClN3O3/c1-13-2-8-18-17(12-13)16(21(26-18)14-3-5-15(23)6-4-14)7-9-20(27)25-19-10-11-24-22(19)28;23-13-3-1-11(2-4-13)19-15(16-8-14(24)7-12(9-25)20(16)28-19)5-6-18(30)27-21-17(29)10-26-22(21)31;1-30-18-11-14(24)10-16-15(6-7-19(28)26-17-8-9-25-22(17)29)20(27-21(16)18)12-2-4-13(23)5-3-12;22-12-3-7-16-15(9-12)14(19(25-16)11-1-4-13(23)5-2-11)6-8-18(28)26-20-17(27)10-24-21(20)29;22-13-6-8-16-15(10-13)14(19(24-16)12-4-2-1-3-5-12)7-9-18(27)25-20-17(26)11-23-21(20)28/h2-6,8,12,19,26H,7,9-11H2,1H3,(H,24,28)(H,25,27);1-4,7-8,17,21,28-29H,5-6,10H2,(H,26,31)(H,27,30);2-5,10-11,17,27H,6-9H2,1H3,(H,25,29)(H,26,28);1-5,7,9,17,20,25,27H,6,8,10H2,(H,24,29)(H,26,28);1-6,8,10,17,20,24,26H,7,9,11H2,(H,23,28)(H,25,27)/t19-;17-,21+;17-;2*17-,20+/m01011/s1. The molecule has 5 aliphatic heterocycles. The van der Waals surface area contributed by atoms with Crippen LogP contribution in [0.5, 0.6) is 5.75 Å². The Labute approximate surface area is 850 Å². The number of aliphatic hydroxyl groups excluding tert-OH is 3. The van der Waals surface area contributed by atoms with Crippen molar-refractivity contribution in [2.75, 3.05) is 39.8 Å². The number of benzene rings is 10. The van der Waals surface area contributed by atoms with Crippen LogP contribution in [0.15, 0.2) is 211 Å². The molecule has 0 radical (unpaired) electrons. The number of carbonyl (C=O) groups excluding carboxylic acids is 10. The summed E-state index contributed by atoms with van der Waals surface area (Å²) in [6.07, 6.45) is 1.01. The molecule has 10 heterocycles. The van der Waals surface area contributed by atoms with E-state index >= 15 is 0 Å². The number of rotatable bonds is 26. The second kappa shape index (κ2) is 46.5. The lowest BCUT2D eigenvalue weighted by atomic mass is 10.00. The van der Waals surface area contributed by atoms with Crippen LogP contribution in [0.25, 0.3) is 111 Å². The number of hydrogen-bond acceptors (Lipinski definition) is 15. The van der Waals surface area contributed by atoms with Crippen molar-refractivity contribution < 1.29 is 90.0 Å². The number of aromatic nitrogens is 5. The van der Waals surface area contributed by atoms with Gasteiger partial charge in [-0.15, -0.1) is 0 Å². The first kappa shape index (κ1) is 103. The van der Waals surface area contributed by atoms with E-state index in [2.05, 4.69) is 131 Å². The average molecular weight is 2090 g/mol. The zero-order chi connectivity index (χ0) is 103. The van der Waals surface area contributed by atoms with Gasteiger partial charge < -0.3 is 98.1 Å². The van der Waals surface area contributed by atoms with Gasteiger partial charge in [-0.2, -0.15) is 5.26 Å². The largest absolute Gasteiger partial charge is 0.494 e. The molecule has 0 unspecified atom stereocenters. The zero-order valence-electron chi connectivity index (χ0n) is 78.6. The average Bonchev–Trinajstić information content (AvgIpc) is 1.62. The molecule has 0 saturated carbocycles. The molecule has 30 nitrogen and oxygen atoms in total. The van der Waals surface area contributed by atoms with Crippen LogP contribution in [-0.2, 0) is 80.0 Å². The number of aryl methyl sites for hydroxylation is 6. The van der Waals surface area contributed by atoms with E-state index in [0.717, 1.165) is 99.3 Å². The Hall–Kier alpha value is -15.5. The molecule has 8 atom stereocenters. The van der Waals surface area contributed by atoms with Crippen molar-refractivity contribution in [3.8, 4) is 68.1 Å². The maximum atomic E-state index is 14.2. The highest BCUT2D eigenvalue weighted by Gasteiger charge is 2.38. The minimum Gasteiger partial charge on any atom is -0.494 e. The normalized spacial score (nSPS) is 17.6. The summed E-state index contributed by atoms with van der Waals surface area (Å²) < 4.78 is 74.7. The molecule has 0 bridgehead atoms. The van der Waals surface area contributed by atoms with Gasteiger partial charge in [0.2, 0.25) is 59.1 Å². The molecular formula is C108H100BrCl2F5N16O14.